The molecule has 0 radical (unpaired) electrons. The Kier molecular flexibility index (Phi) is 2.70. The van der Waals surface area contributed by atoms with Crippen LogP contribution in [0.1, 0.15) is 0 Å². The normalized spacial score (nSPS) is 10.4. The van der Waals surface area contributed by atoms with Gasteiger partial charge in [0.2, 0.25) is 0 Å². The summed E-state index contributed by atoms with van der Waals surface area (Å²) in [6.45, 7) is 0. The van der Waals surface area contributed by atoms with Gasteiger partial charge in [0.25, 0.3) is 0 Å². The molecule has 16 heavy (non-hydrogen) atoms. The number of halogens is 2. The fraction of sp³-hybridized carbons (Fsp3) is 0.100. The van der Waals surface area contributed by atoms with Crippen molar-refractivity contribution in [3.8, 4) is 0 Å². The van der Waals surface area contributed by atoms with Crippen LogP contribution in [-0.2, 0) is 7.05 Å². The molecule has 2 rings (SSSR count). The standard InChI is InChI=1S/C10H10ClFN4/c1-16-5-9(13)10(15-16)14-6-2-3-7(11)8(12)4-6/h2-5H,13H2,1H3,(H,14,15). The van der Waals surface area contributed by atoms with Crippen LogP contribution >= 0.6 is 11.6 Å². The predicted octanol–water partition coefficient (Wildman–Crippen LogP) is 2.54. The average Bonchev–Trinajstić information content (AvgIpc) is 2.51. The van der Waals surface area contributed by atoms with Crippen LogP contribution in [-0.4, -0.2) is 9.78 Å². The van der Waals surface area contributed by atoms with E-state index in [0.29, 0.717) is 17.2 Å². The van der Waals surface area contributed by atoms with Gasteiger partial charge in [-0.2, -0.15) is 5.10 Å². The lowest BCUT2D eigenvalue weighted by atomic mass is 10.3. The van der Waals surface area contributed by atoms with Crippen molar-refractivity contribution in [3.63, 3.8) is 0 Å². The number of nitrogens with two attached hydrogens (primary N) is 1. The third-order valence-electron chi connectivity index (χ3n) is 2.04. The number of aromatic nitrogens is 2. The van der Waals surface area contributed by atoms with Gasteiger partial charge in [-0.3, -0.25) is 4.68 Å². The summed E-state index contributed by atoms with van der Waals surface area (Å²) in [6, 6.07) is 4.41. The average molecular weight is 241 g/mol. The number of nitrogen functional groups attached to an aromatic ring is 1. The Morgan fingerprint density at radius 3 is 2.81 bits per heavy atom. The van der Waals surface area contributed by atoms with Gasteiger partial charge < -0.3 is 11.1 Å². The molecule has 0 amide bonds. The number of anilines is 3. The van der Waals surface area contributed by atoms with E-state index in [4.69, 9.17) is 17.3 Å². The van der Waals surface area contributed by atoms with Crippen molar-refractivity contribution < 1.29 is 4.39 Å². The van der Waals surface area contributed by atoms with Crippen molar-refractivity contribution in [2.75, 3.05) is 11.1 Å². The quantitative estimate of drug-likeness (QED) is 0.848. The van der Waals surface area contributed by atoms with Crippen LogP contribution in [0.25, 0.3) is 0 Å². The fourth-order valence-electron chi connectivity index (χ4n) is 1.31. The first-order chi connectivity index (χ1) is 7.56. The van der Waals surface area contributed by atoms with Gasteiger partial charge in [-0.1, -0.05) is 11.6 Å². The number of nitrogens with zero attached hydrogens (tertiary/aromatic N) is 2. The van der Waals surface area contributed by atoms with Gasteiger partial charge in [-0.15, -0.1) is 0 Å². The molecule has 0 spiro atoms. The van der Waals surface area contributed by atoms with Crippen molar-refractivity contribution in [1.29, 1.82) is 0 Å². The van der Waals surface area contributed by atoms with Crippen molar-refractivity contribution in [2.24, 2.45) is 7.05 Å². The van der Waals surface area contributed by atoms with Crippen molar-refractivity contribution in [2.45, 2.75) is 0 Å². The van der Waals surface area contributed by atoms with E-state index in [0.717, 1.165) is 0 Å². The SMILES string of the molecule is Cn1cc(N)c(Nc2ccc(Cl)c(F)c2)n1. The molecule has 0 aliphatic rings. The second kappa shape index (κ2) is 4.02. The van der Waals surface area contributed by atoms with E-state index in [-0.39, 0.29) is 5.02 Å². The van der Waals surface area contributed by atoms with Gasteiger partial charge >= 0.3 is 0 Å². The zero-order valence-corrected chi connectivity index (χ0v) is 9.29. The molecule has 0 atom stereocenters. The highest BCUT2D eigenvalue weighted by molar-refractivity contribution is 6.30. The minimum atomic E-state index is -0.485. The molecule has 4 nitrogen and oxygen atoms in total. The molecular weight excluding hydrogens is 231 g/mol. The van der Waals surface area contributed by atoms with E-state index < -0.39 is 5.82 Å². The summed E-state index contributed by atoms with van der Waals surface area (Å²) in [6.07, 6.45) is 1.66. The van der Waals surface area contributed by atoms with Gasteiger partial charge in [0.1, 0.15) is 5.82 Å². The summed E-state index contributed by atoms with van der Waals surface area (Å²) in [7, 11) is 1.75. The molecule has 1 aromatic heterocycles. The molecule has 0 unspecified atom stereocenters. The molecule has 2 aromatic rings. The second-order valence-electron chi connectivity index (χ2n) is 3.36. The molecule has 3 N–H and O–H groups in total. The van der Waals surface area contributed by atoms with Crippen LogP contribution in [0.15, 0.2) is 24.4 Å². The fourth-order valence-corrected chi connectivity index (χ4v) is 1.43. The number of benzene rings is 1. The lowest BCUT2D eigenvalue weighted by Crippen LogP contribution is -1.96. The van der Waals surface area contributed by atoms with Gasteiger partial charge in [-0.25, -0.2) is 4.39 Å². The van der Waals surface area contributed by atoms with Crippen LogP contribution in [0.4, 0.5) is 21.6 Å². The highest BCUT2D eigenvalue weighted by Crippen LogP contribution is 2.23. The lowest BCUT2D eigenvalue weighted by Gasteiger charge is -2.04. The van der Waals surface area contributed by atoms with Crippen LogP contribution < -0.4 is 11.1 Å². The summed E-state index contributed by atoms with van der Waals surface area (Å²) in [5.74, 6) is 0.00499. The van der Waals surface area contributed by atoms with Crippen LogP contribution in [0.5, 0.6) is 0 Å². The molecule has 6 heteroatoms. The molecule has 0 bridgehead atoms. The molecule has 0 saturated carbocycles. The minimum Gasteiger partial charge on any atom is -0.394 e. The molecule has 84 valence electrons. The number of hydrogen-bond acceptors (Lipinski definition) is 3. The van der Waals surface area contributed by atoms with Crippen LogP contribution in [0.2, 0.25) is 5.02 Å². The maximum atomic E-state index is 13.2. The third kappa shape index (κ3) is 2.09. The van der Waals surface area contributed by atoms with E-state index >= 15 is 0 Å². The maximum Gasteiger partial charge on any atom is 0.175 e. The van der Waals surface area contributed by atoms with Crippen LogP contribution in [0, 0.1) is 5.82 Å². The number of hydrogen-bond donors (Lipinski definition) is 2. The number of nitrogens with one attached hydrogen (secondary N) is 1. The van der Waals surface area contributed by atoms with Gasteiger partial charge in [-0.05, 0) is 18.2 Å². The summed E-state index contributed by atoms with van der Waals surface area (Å²) in [5.41, 5.74) is 6.74. The Labute approximate surface area is 96.8 Å². The molecule has 0 aliphatic carbocycles. The van der Waals surface area contributed by atoms with Crippen LogP contribution in [0.3, 0.4) is 0 Å². The Bertz CT molecular complexity index is 524. The summed E-state index contributed by atoms with van der Waals surface area (Å²) < 4.78 is 14.7. The number of rotatable bonds is 2. The zero-order valence-electron chi connectivity index (χ0n) is 8.54. The molecule has 0 aliphatic heterocycles. The van der Waals surface area contributed by atoms with Gasteiger partial charge in [0.05, 0.1) is 10.7 Å². The second-order valence-corrected chi connectivity index (χ2v) is 3.77. The monoisotopic (exact) mass is 240 g/mol. The molecule has 0 saturated heterocycles. The highest BCUT2D eigenvalue weighted by Gasteiger charge is 2.06. The Morgan fingerprint density at radius 2 is 2.25 bits per heavy atom. The molecule has 1 heterocycles. The Balaban J connectivity index is 2.27. The Hall–Kier alpha value is -1.75. The Morgan fingerprint density at radius 1 is 1.50 bits per heavy atom. The minimum absolute atomic E-state index is 0.0829. The summed E-state index contributed by atoms with van der Waals surface area (Å²) >= 11 is 5.57. The summed E-state index contributed by atoms with van der Waals surface area (Å²) in [4.78, 5) is 0. The lowest BCUT2D eigenvalue weighted by molar-refractivity contribution is 0.629. The van der Waals surface area contributed by atoms with E-state index in [9.17, 15) is 4.39 Å². The molecule has 1 aromatic carbocycles. The van der Waals surface area contributed by atoms with Crippen molar-refractivity contribution in [3.05, 3.63) is 35.2 Å². The third-order valence-corrected chi connectivity index (χ3v) is 2.35. The van der Waals surface area contributed by atoms with E-state index in [2.05, 4.69) is 10.4 Å². The van der Waals surface area contributed by atoms with E-state index in [1.807, 2.05) is 0 Å². The number of aryl methyl sites for hydroxylation is 1. The first kappa shape index (κ1) is 10.8. The predicted molar refractivity (Wildman–Crippen MR) is 62.3 cm³/mol. The zero-order chi connectivity index (χ0) is 11.7. The first-order valence-corrected chi connectivity index (χ1v) is 4.95. The van der Waals surface area contributed by atoms with E-state index in [1.54, 1.807) is 24.0 Å². The molecular formula is C10H10ClFN4. The maximum absolute atomic E-state index is 13.2. The topological polar surface area (TPSA) is 55.9 Å². The van der Waals surface area contributed by atoms with Gasteiger partial charge in [0, 0.05) is 18.9 Å². The summed E-state index contributed by atoms with van der Waals surface area (Å²) in [5, 5.41) is 7.07. The van der Waals surface area contributed by atoms with E-state index in [1.165, 1.54) is 12.1 Å². The first-order valence-electron chi connectivity index (χ1n) is 4.57. The van der Waals surface area contributed by atoms with Gasteiger partial charge in [0.15, 0.2) is 5.82 Å². The van der Waals surface area contributed by atoms with Crippen molar-refractivity contribution >= 4 is 28.8 Å². The highest BCUT2D eigenvalue weighted by atomic mass is 35.5. The molecule has 0 fully saturated rings. The largest absolute Gasteiger partial charge is 0.394 e. The smallest absolute Gasteiger partial charge is 0.175 e. The van der Waals surface area contributed by atoms with Crippen molar-refractivity contribution in [1.82, 2.24) is 9.78 Å².